The Morgan fingerprint density at radius 2 is 1.88 bits per heavy atom. The molecule has 2 heterocycles. The van der Waals surface area contributed by atoms with E-state index in [1.807, 2.05) is 17.0 Å². The van der Waals surface area contributed by atoms with E-state index in [-0.39, 0.29) is 12.7 Å². The van der Waals surface area contributed by atoms with Gasteiger partial charge in [0.25, 0.3) is 5.91 Å². The van der Waals surface area contributed by atoms with Crippen LogP contribution in [0.2, 0.25) is 0 Å². The minimum absolute atomic E-state index is 0.0701. The monoisotopic (exact) mass is 352 g/mol. The summed E-state index contributed by atoms with van der Waals surface area (Å²) in [5, 5.41) is 0. The zero-order valence-electron chi connectivity index (χ0n) is 15.1. The highest BCUT2D eigenvalue weighted by Crippen LogP contribution is 2.32. The minimum Gasteiger partial charge on any atom is -0.454 e. The Morgan fingerprint density at radius 3 is 2.77 bits per heavy atom. The molecule has 0 radical (unpaired) electrons. The van der Waals surface area contributed by atoms with E-state index in [0.29, 0.717) is 17.1 Å². The van der Waals surface area contributed by atoms with Gasteiger partial charge in [0, 0.05) is 38.3 Å². The summed E-state index contributed by atoms with van der Waals surface area (Å²) in [7, 11) is 0. The van der Waals surface area contributed by atoms with E-state index in [9.17, 15) is 4.79 Å². The maximum atomic E-state index is 12.9. The van der Waals surface area contributed by atoms with Gasteiger partial charge in [0.15, 0.2) is 11.5 Å². The molecular weight excluding hydrogens is 328 g/mol. The fourth-order valence-corrected chi connectivity index (χ4v) is 3.61. The summed E-state index contributed by atoms with van der Waals surface area (Å²) in [6, 6.07) is 14.1. The highest BCUT2D eigenvalue weighted by molar-refractivity contribution is 5.95. The van der Waals surface area contributed by atoms with Gasteiger partial charge in [-0.1, -0.05) is 29.8 Å². The number of fused-ring (bicyclic) bond motifs is 1. The first-order valence-electron chi connectivity index (χ1n) is 9.16. The van der Waals surface area contributed by atoms with Crippen molar-refractivity contribution in [1.29, 1.82) is 0 Å². The van der Waals surface area contributed by atoms with Crippen LogP contribution in [0.25, 0.3) is 0 Å². The standard InChI is InChI=1S/C21H24N2O3/c1-16-4-2-5-17(12-16)14-22-8-3-9-23(11-10-22)21(24)18-6-7-19-20(13-18)26-15-25-19/h2,4-7,12-13H,3,8-11,14-15H2,1H3. The quantitative estimate of drug-likeness (QED) is 0.851. The minimum atomic E-state index is 0.0701. The lowest BCUT2D eigenvalue weighted by atomic mass is 10.1. The number of ether oxygens (including phenoxy) is 2. The molecule has 0 spiro atoms. The van der Waals surface area contributed by atoms with Crippen LogP contribution in [0.4, 0.5) is 0 Å². The zero-order valence-corrected chi connectivity index (χ0v) is 15.1. The summed E-state index contributed by atoms with van der Waals surface area (Å²) in [5.74, 6) is 1.44. The van der Waals surface area contributed by atoms with Crippen molar-refractivity contribution >= 4 is 5.91 Å². The van der Waals surface area contributed by atoms with Crippen LogP contribution in [0.15, 0.2) is 42.5 Å². The van der Waals surface area contributed by atoms with Crippen molar-refractivity contribution in [3.05, 3.63) is 59.2 Å². The molecule has 2 aromatic carbocycles. The second kappa shape index (κ2) is 7.38. The topological polar surface area (TPSA) is 42.0 Å². The molecule has 1 fully saturated rings. The number of benzene rings is 2. The van der Waals surface area contributed by atoms with Gasteiger partial charge >= 0.3 is 0 Å². The average molecular weight is 352 g/mol. The fourth-order valence-electron chi connectivity index (χ4n) is 3.61. The third kappa shape index (κ3) is 3.68. The van der Waals surface area contributed by atoms with Crippen molar-refractivity contribution in [3.8, 4) is 11.5 Å². The van der Waals surface area contributed by atoms with Gasteiger partial charge in [-0.3, -0.25) is 9.69 Å². The van der Waals surface area contributed by atoms with Crippen LogP contribution < -0.4 is 9.47 Å². The Hall–Kier alpha value is -2.53. The van der Waals surface area contributed by atoms with Crippen LogP contribution in [-0.4, -0.2) is 48.7 Å². The number of hydrogen-bond donors (Lipinski definition) is 0. The first-order valence-corrected chi connectivity index (χ1v) is 9.16. The first-order chi connectivity index (χ1) is 12.7. The number of aryl methyl sites for hydroxylation is 1. The van der Waals surface area contributed by atoms with Crippen LogP contribution in [0.1, 0.15) is 27.9 Å². The van der Waals surface area contributed by atoms with Crippen molar-refractivity contribution in [2.45, 2.75) is 19.9 Å². The highest BCUT2D eigenvalue weighted by atomic mass is 16.7. The lowest BCUT2D eigenvalue weighted by Crippen LogP contribution is -2.35. The Labute approximate surface area is 154 Å². The van der Waals surface area contributed by atoms with Crippen LogP contribution >= 0.6 is 0 Å². The molecule has 0 aliphatic carbocycles. The maximum absolute atomic E-state index is 12.9. The van der Waals surface area contributed by atoms with Gasteiger partial charge < -0.3 is 14.4 Å². The Morgan fingerprint density at radius 1 is 1.00 bits per heavy atom. The van der Waals surface area contributed by atoms with Crippen molar-refractivity contribution in [1.82, 2.24) is 9.80 Å². The van der Waals surface area contributed by atoms with Crippen LogP contribution in [-0.2, 0) is 6.54 Å². The van der Waals surface area contributed by atoms with Crippen LogP contribution in [0.3, 0.4) is 0 Å². The van der Waals surface area contributed by atoms with Crippen molar-refractivity contribution < 1.29 is 14.3 Å². The molecule has 0 N–H and O–H groups in total. The second-order valence-corrected chi connectivity index (χ2v) is 6.98. The van der Waals surface area contributed by atoms with E-state index >= 15 is 0 Å². The average Bonchev–Trinajstić information content (AvgIpc) is 2.99. The van der Waals surface area contributed by atoms with Crippen molar-refractivity contribution in [2.75, 3.05) is 33.0 Å². The summed E-state index contributed by atoms with van der Waals surface area (Å²) >= 11 is 0. The Balaban J connectivity index is 1.39. The summed E-state index contributed by atoms with van der Waals surface area (Å²) in [6.45, 7) is 6.73. The smallest absolute Gasteiger partial charge is 0.254 e. The van der Waals surface area contributed by atoms with Gasteiger partial charge in [-0.25, -0.2) is 0 Å². The summed E-state index contributed by atoms with van der Waals surface area (Å²) in [4.78, 5) is 17.3. The highest BCUT2D eigenvalue weighted by Gasteiger charge is 2.22. The summed E-state index contributed by atoms with van der Waals surface area (Å²) in [5.41, 5.74) is 3.29. The molecular formula is C21H24N2O3. The van der Waals surface area contributed by atoms with E-state index in [0.717, 1.165) is 39.1 Å². The predicted octanol–water partition coefficient (Wildman–Crippen LogP) is 3.07. The number of rotatable bonds is 3. The SMILES string of the molecule is Cc1cccc(CN2CCCN(C(=O)c3ccc4c(c3)OCO4)CC2)c1. The van der Waals surface area contributed by atoms with E-state index in [1.54, 1.807) is 6.07 Å². The summed E-state index contributed by atoms with van der Waals surface area (Å²) in [6.07, 6.45) is 0.988. The molecule has 5 heteroatoms. The molecule has 4 rings (SSSR count). The third-order valence-corrected chi connectivity index (χ3v) is 4.98. The molecule has 0 bridgehead atoms. The van der Waals surface area contributed by atoms with E-state index < -0.39 is 0 Å². The number of amides is 1. The van der Waals surface area contributed by atoms with E-state index in [2.05, 4.69) is 36.1 Å². The molecule has 0 saturated carbocycles. The number of nitrogens with zero attached hydrogens (tertiary/aromatic N) is 2. The Bertz CT molecular complexity index is 806. The molecule has 5 nitrogen and oxygen atoms in total. The van der Waals surface area contributed by atoms with E-state index in [1.165, 1.54) is 11.1 Å². The van der Waals surface area contributed by atoms with Gasteiger partial charge in [0.05, 0.1) is 0 Å². The number of carbonyl (C=O) groups is 1. The zero-order chi connectivity index (χ0) is 17.9. The molecule has 0 aromatic heterocycles. The molecule has 2 aromatic rings. The van der Waals surface area contributed by atoms with Gasteiger partial charge in [-0.15, -0.1) is 0 Å². The summed E-state index contributed by atoms with van der Waals surface area (Å²) < 4.78 is 10.7. The van der Waals surface area contributed by atoms with Gasteiger partial charge in [0.2, 0.25) is 6.79 Å². The number of hydrogen-bond acceptors (Lipinski definition) is 4. The molecule has 0 unspecified atom stereocenters. The largest absolute Gasteiger partial charge is 0.454 e. The van der Waals surface area contributed by atoms with Gasteiger partial charge in [0.1, 0.15) is 0 Å². The van der Waals surface area contributed by atoms with Gasteiger partial charge in [-0.2, -0.15) is 0 Å². The second-order valence-electron chi connectivity index (χ2n) is 6.98. The predicted molar refractivity (Wildman–Crippen MR) is 99.5 cm³/mol. The van der Waals surface area contributed by atoms with E-state index in [4.69, 9.17) is 9.47 Å². The Kier molecular flexibility index (Phi) is 4.80. The van der Waals surface area contributed by atoms with Crippen LogP contribution in [0.5, 0.6) is 11.5 Å². The first kappa shape index (κ1) is 16.9. The van der Waals surface area contributed by atoms with Crippen molar-refractivity contribution in [3.63, 3.8) is 0 Å². The normalized spacial score (nSPS) is 17.2. The molecule has 136 valence electrons. The molecule has 2 aliphatic heterocycles. The van der Waals surface area contributed by atoms with Crippen LogP contribution in [0, 0.1) is 6.92 Å². The maximum Gasteiger partial charge on any atom is 0.254 e. The molecule has 0 atom stereocenters. The molecule has 1 amide bonds. The fraction of sp³-hybridized carbons (Fsp3) is 0.381. The lowest BCUT2D eigenvalue weighted by molar-refractivity contribution is 0.0760. The molecule has 26 heavy (non-hydrogen) atoms. The third-order valence-electron chi connectivity index (χ3n) is 4.98. The number of carbonyl (C=O) groups excluding carboxylic acids is 1. The van der Waals surface area contributed by atoms with Gasteiger partial charge in [-0.05, 0) is 37.1 Å². The molecule has 1 saturated heterocycles. The lowest BCUT2D eigenvalue weighted by Gasteiger charge is -2.22. The van der Waals surface area contributed by atoms with Crippen molar-refractivity contribution in [2.24, 2.45) is 0 Å². The molecule has 2 aliphatic rings.